The Balaban J connectivity index is 1.79. The smallest absolute Gasteiger partial charge is 0.229 e. The average molecular weight is 407 g/mol. The number of nitrogens with zero attached hydrogens (tertiary/aromatic N) is 2. The number of nitrogens with one attached hydrogen (secondary N) is 1. The van der Waals surface area contributed by atoms with Crippen LogP contribution in [0.1, 0.15) is 18.6 Å². The molecule has 0 aliphatic carbocycles. The molecule has 0 amide bonds. The van der Waals surface area contributed by atoms with Gasteiger partial charge < -0.3 is 5.11 Å². The minimum Gasteiger partial charge on any atom is -0.389 e. The minimum atomic E-state index is -3.39. The van der Waals surface area contributed by atoms with E-state index < -0.39 is 16.1 Å². The van der Waals surface area contributed by atoms with E-state index >= 15 is 0 Å². The van der Waals surface area contributed by atoms with Crippen LogP contribution in [0.5, 0.6) is 0 Å². The summed E-state index contributed by atoms with van der Waals surface area (Å²) in [6, 6.07) is 20.8. The number of hydrogen-bond acceptors (Lipinski definition) is 4. The Labute approximate surface area is 169 Å². The van der Waals surface area contributed by atoms with Gasteiger partial charge in [0.15, 0.2) is 0 Å². The third-order valence-corrected chi connectivity index (χ3v) is 5.30. The van der Waals surface area contributed by atoms with Gasteiger partial charge in [0.1, 0.15) is 6.33 Å². The second-order valence-electron chi connectivity index (χ2n) is 7.01. The maximum Gasteiger partial charge on any atom is 0.229 e. The summed E-state index contributed by atoms with van der Waals surface area (Å²) in [5.41, 5.74) is 5.66. The molecule has 0 spiro atoms. The van der Waals surface area contributed by atoms with Crippen LogP contribution >= 0.6 is 0 Å². The van der Waals surface area contributed by atoms with E-state index in [0.717, 1.165) is 39.7 Å². The van der Waals surface area contributed by atoms with E-state index in [4.69, 9.17) is 0 Å². The van der Waals surface area contributed by atoms with E-state index in [1.165, 1.54) is 0 Å². The summed E-state index contributed by atoms with van der Waals surface area (Å²) in [5.74, 6) is 0. The maximum atomic E-state index is 11.7. The molecule has 4 rings (SSSR count). The van der Waals surface area contributed by atoms with Crippen LogP contribution in [-0.4, -0.2) is 29.3 Å². The Morgan fingerprint density at radius 1 is 1.03 bits per heavy atom. The van der Waals surface area contributed by atoms with Crippen LogP contribution in [0.15, 0.2) is 73.1 Å². The van der Waals surface area contributed by atoms with Crippen molar-refractivity contribution in [2.45, 2.75) is 13.0 Å². The number of fused-ring (bicyclic) bond motifs is 1. The number of hydrogen-bond donors (Lipinski definition) is 2. The Morgan fingerprint density at radius 2 is 1.83 bits per heavy atom. The molecule has 0 aliphatic rings. The lowest BCUT2D eigenvalue weighted by Crippen LogP contribution is -2.10. The van der Waals surface area contributed by atoms with E-state index in [0.29, 0.717) is 5.69 Å². The Morgan fingerprint density at radius 3 is 2.59 bits per heavy atom. The first kappa shape index (κ1) is 19.2. The average Bonchev–Trinajstić information content (AvgIpc) is 3.10. The van der Waals surface area contributed by atoms with Gasteiger partial charge in [-0.05, 0) is 48.4 Å². The van der Waals surface area contributed by atoms with E-state index in [2.05, 4.69) is 9.71 Å². The number of para-hydroxylation sites is 1. The van der Waals surface area contributed by atoms with Gasteiger partial charge in [-0.25, -0.2) is 13.4 Å². The van der Waals surface area contributed by atoms with Crippen molar-refractivity contribution in [2.24, 2.45) is 0 Å². The minimum absolute atomic E-state index is 0.532. The molecule has 2 N–H and O–H groups in total. The molecule has 0 fully saturated rings. The van der Waals surface area contributed by atoms with Gasteiger partial charge >= 0.3 is 0 Å². The molecule has 1 heterocycles. The fourth-order valence-corrected chi connectivity index (χ4v) is 3.92. The third kappa shape index (κ3) is 4.01. The standard InChI is InChI=1S/C22H21N3O3S/c1-15(26)16-10-11-22-21(13-16)23-14-25(22)18-7-5-6-17(12-18)19-8-3-4-9-20(19)24-29(2,27)28/h3-15,24,26H,1-2H3/t15-/m1/s1. The zero-order valence-electron chi connectivity index (χ0n) is 16.1. The topological polar surface area (TPSA) is 84.2 Å². The summed E-state index contributed by atoms with van der Waals surface area (Å²) in [6.07, 6.45) is 2.34. The number of aliphatic hydroxyl groups excluding tert-OH is 1. The molecule has 1 aromatic heterocycles. The fraction of sp³-hybridized carbons (Fsp3) is 0.136. The van der Waals surface area contributed by atoms with Crippen molar-refractivity contribution in [1.29, 1.82) is 0 Å². The molecule has 148 valence electrons. The highest BCUT2D eigenvalue weighted by Crippen LogP contribution is 2.31. The number of aliphatic hydroxyl groups is 1. The summed E-state index contributed by atoms with van der Waals surface area (Å²) in [5, 5.41) is 9.79. The van der Waals surface area contributed by atoms with Crippen molar-refractivity contribution in [2.75, 3.05) is 11.0 Å². The molecule has 0 bridgehead atoms. The van der Waals surface area contributed by atoms with Crippen LogP contribution < -0.4 is 4.72 Å². The monoisotopic (exact) mass is 407 g/mol. The number of sulfonamides is 1. The molecule has 7 heteroatoms. The predicted octanol–water partition coefficient (Wildman–Crippen LogP) is 4.12. The molecular weight excluding hydrogens is 386 g/mol. The zero-order valence-corrected chi connectivity index (χ0v) is 16.9. The van der Waals surface area contributed by atoms with E-state index in [1.54, 1.807) is 25.4 Å². The van der Waals surface area contributed by atoms with Crippen LogP contribution in [0, 0.1) is 0 Å². The lowest BCUT2D eigenvalue weighted by Gasteiger charge is -2.12. The number of imidazole rings is 1. The van der Waals surface area contributed by atoms with Gasteiger partial charge in [0.05, 0.1) is 29.1 Å². The van der Waals surface area contributed by atoms with Gasteiger partial charge in [0.2, 0.25) is 10.0 Å². The molecule has 29 heavy (non-hydrogen) atoms. The Hall–Kier alpha value is -3.16. The van der Waals surface area contributed by atoms with Gasteiger partial charge in [-0.1, -0.05) is 36.4 Å². The van der Waals surface area contributed by atoms with Gasteiger partial charge in [-0.2, -0.15) is 0 Å². The lowest BCUT2D eigenvalue weighted by molar-refractivity contribution is 0.199. The molecule has 0 saturated heterocycles. The normalized spacial score (nSPS) is 12.8. The maximum absolute atomic E-state index is 11.7. The molecule has 0 aliphatic heterocycles. The predicted molar refractivity (Wildman–Crippen MR) is 116 cm³/mol. The summed E-state index contributed by atoms with van der Waals surface area (Å²) in [4.78, 5) is 4.47. The van der Waals surface area contributed by atoms with Crippen LogP contribution in [0.3, 0.4) is 0 Å². The second-order valence-corrected chi connectivity index (χ2v) is 8.76. The van der Waals surface area contributed by atoms with Gasteiger partial charge in [0.25, 0.3) is 0 Å². The molecule has 0 saturated carbocycles. The van der Waals surface area contributed by atoms with E-state index in [1.807, 2.05) is 59.2 Å². The van der Waals surface area contributed by atoms with Crippen molar-refractivity contribution in [3.05, 3.63) is 78.6 Å². The molecule has 0 radical (unpaired) electrons. The van der Waals surface area contributed by atoms with Gasteiger partial charge in [-0.15, -0.1) is 0 Å². The molecule has 3 aromatic carbocycles. The van der Waals surface area contributed by atoms with Crippen molar-refractivity contribution < 1.29 is 13.5 Å². The summed E-state index contributed by atoms with van der Waals surface area (Å²) >= 11 is 0. The Kier molecular flexibility index (Phi) is 4.86. The SMILES string of the molecule is C[C@@H](O)c1ccc2c(c1)ncn2-c1cccc(-c2ccccc2NS(C)(=O)=O)c1. The van der Waals surface area contributed by atoms with Crippen LogP contribution in [0.4, 0.5) is 5.69 Å². The Bertz CT molecular complexity index is 1290. The highest BCUT2D eigenvalue weighted by Gasteiger charge is 2.11. The second kappa shape index (κ2) is 7.35. The number of benzene rings is 3. The molecule has 6 nitrogen and oxygen atoms in total. The number of aromatic nitrogens is 2. The highest BCUT2D eigenvalue weighted by atomic mass is 32.2. The number of rotatable bonds is 5. The summed E-state index contributed by atoms with van der Waals surface area (Å²) in [7, 11) is -3.39. The van der Waals surface area contributed by atoms with Crippen molar-refractivity contribution in [3.8, 4) is 16.8 Å². The quantitative estimate of drug-likeness (QED) is 0.521. The van der Waals surface area contributed by atoms with Crippen LogP contribution in [0.25, 0.3) is 27.8 Å². The number of anilines is 1. The van der Waals surface area contributed by atoms with Gasteiger partial charge in [-0.3, -0.25) is 9.29 Å². The summed E-state index contributed by atoms with van der Waals surface area (Å²) < 4.78 is 28.0. The van der Waals surface area contributed by atoms with Crippen molar-refractivity contribution in [3.63, 3.8) is 0 Å². The first-order valence-corrected chi connectivity index (χ1v) is 11.0. The van der Waals surface area contributed by atoms with E-state index in [-0.39, 0.29) is 0 Å². The third-order valence-electron chi connectivity index (χ3n) is 4.71. The first-order valence-electron chi connectivity index (χ1n) is 9.14. The molecule has 4 aromatic rings. The highest BCUT2D eigenvalue weighted by molar-refractivity contribution is 7.92. The van der Waals surface area contributed by atoms with Gasteiger partial charge in [0, 0.05) is 11.3 Å². The van der Waals surface area contributed by atoms with Crippen LogP contribution in [0.2, 0.25) is 0 Å². The lowest BCUT2D eigenvalue weighted by atomic mass is 10.0. The first-order chi connectivity index (χ1) is 13.8. The molecule has 0 unspecified atom stereocenters. The van der Waals surface area contributed by atoms with E-state index in [9.17, 15) is 13.5 Å². The van der Waals surface area contributed by atoms with Crippen LogP contribution in [-0.2, 0) is 10.0 Å². The zero-order chi connectivity index (χ0) is 20.6. The van der Waals surface area contributed by atoms with Crippen molar-refractivity contribution in [1.82, 2.24) is 9.55 Å². The molecular formula is C22H21N3O3S. The fourth-order valence-electron chi connectivity index (χ4n) is 3.34. The summed E-state index contributed by atoms with van der Waals surface area (Å²) in [6.45, 7) is 1.73. The largest absolute Gasteiger partial charge is 0.389 e. The molecule has 1 atom stereocenters. The van der Waals surface area contributed by atoms with Crippen molar-refractivity contribution >= 4 is 26.7 Å².